The van der Waals surface area contributed by atoms with Crippen LogP contribution in [-0.4, -0.2) is 37.4 Å². The van der Waals surface area contributed by atoms with Gasteiger partial charge >= 0.3 is 6.03 Å². The zero-order valence-electron chi connectivity index (χ0n) is 17.5. The van der Waals surface area contributed by atoms with Crippen molar-refractivity contribution in [2.24, 2.45) is 5.84 Å². The van der Waals surface area contributed by atoms with Crippen LogP contribution >= 0.6 is 11.6 Å². The smallest absolute Gasteiger partial charge is 0.351 e. The Morgan fingerprint density at radius 3 is 2.48 bits per heavy atom. The summed E-state index contributed by atoms with van der Waals surface area (Å²) in [7, 11) is 0. The van der Waals surface area contributed by atoms with Gasteiger partial charge in [-0.1, -0.05) is 18.2 Å². The van der Waals surface area contributed by atoms with Gasteiger partial charge in [-0.2, -0.15) is 5.01 Å². The number of halogens is 1. The highest BCUT2D eigenvalue weighted by atomic mass is 35.5. The van der Waals surface area contributed by atoms with Crippen molar-refractivity contribution in [3.63, 3.8) is 0 Å². The fourth-order valence-electron chi connectivity index (χ4n) is 3.13. The average molecular weight is 465 g/mol. The monoisotopic (exact) mass is 464 g/mol. The van der Waals surface area contributed by atoms with Crippen LogP contribution in [0.4, 0.5) is 16.3 Å². The predicted molar refractivity (Wildman–Crippen MR) is 126 cm³/mol. The number of carbonyl (C=O) groups excluding carboxylic acids is 2. The molecule has 2 amide bonds. The van der Waals surface area contributed by atoms with Gasteiger partial charge in [0.15, 0.2) is 5.65 Å². The van der Waals surface area contributed by atoms with E-state index < -0.39 is 11.9 Å². The second-order valence-electron chi connectivity index (χ2n) is 7.05. The molecule has 0 fully saturated rings. The Bertz CT molecular complexity index is 1260. The number of hydrazine groups is 1. The molecule has 2 aromatic heterocycles. The zero-order chi connectivity index (χ0) is 23.2. The number of benzene rings is 2. The molecule has 0 aliphatic rings. The first-order chi connectivity index (χ1) is 16.1. The minimum Gasteiger partial charge on any atom is -0.457 e. The number of rotatable bonds is 7. The molecule has 0 aliphatic carbocycles. The number of hydrogen-bond acceptors (Lipinski definition) is 7. The number of nitrogens with two attached hydrogens (primary N) is 1. The summed E-state index contributed by atoms with van der Waals surface area (Å²) in [5.41, 5.74) is 1.09. The van der Waals surface area contributed by atoms with Crippen molar-refractivity contribution in [3.8, 4) is 11.5 Å². The zero-order valence-corrected chi connectivity index (χ0v) is 18.3. The van der Waals surface area contributed by atoms with Crippen molar-refractivity contribution in [2.75, 3.05) is 11.2 Å². The molecule has 33 heavy (non-hydrogen) atoms. The Hall–Kier alpha value is -3.95. The Balaban J connectivity index is 1.51. The van der Waals surface area contributed by atoms with Crippen LogP contribution in [-0.2, 0) is 4.79 Å². The van der Waals surface area contributed by atoms with Crippen LogP contribution in [0.15, 0.2) is 73.2 Å². The quantitative estimate of drug-likeness (QED) is 0.177. The molecule has 0 bridgehead atoms. The van der Waals surface area contributed by atoms with Gasteiger partial charge in [-0.15, -0.1) is 11.6 Å². The number of para-hydroxylation sites is 1. The van der Waals surface area contributed by atoms with Crippen LogP contribution in [0.3, 0.4) is 0 Å². The second kappa shape index (κ2) is 10.1. The van der Waals surface area contributed by atoms with Gasteiger partial charge < -0.3 is 10.1 Å². The standard InChI is InChI=1S/C23H21ClN6O3/c24-13-4-7-20(31)30(25)23(32)29-14-12-19-21(26-15-27-22(19)29)28-16-8-10-18(11-9-16)33-17-5-2-1-3-6-17/h1-3,5-6,8-12,14-15H,4,7,13,25H2,(H,26,27,28). The maximum Gasteiger partial charge on any atom is 0.351 e. The third-order valence-electron chi connectivity index (χ3n) is 4.78. The molecule has 0 atom stereocenters. The maximum absolute atomic E-state index is 12.7. The molecule has 0 unspecified atom stereocenters. The Morgan fingerprint density at radius 2 is 1.76 bits per heavy atom. The van der Waals surface area contributed by atoms with Gasteiger partial charge in [0.1, 0.15) is 23.6 Å². The molecule has 0 saturated heterocycles. The third-order valence-corrected chi connectivity index (χ3v) is 5.05. The van der Waals surface area contributed by atoms with Crippen molar-refractivity contribution in [1.82, 2.24) is 19.5 Å². The van der Waals surface area contributed by atoms with E-state index >= 15 is 0 Å². The number of fused-ring (bicyclic) bond motifs is 1. The molecule has 4 aromatic rings. The number of anilines is 2. The molecule has 2 aromatic carbocycles. The lowest BCUT2D eigenvalue weighted by Gasteiger charge is -2.15. The molecule has 2 heterocycles. The molecule has 9 nitrogen and oxygen atoms in total. The first-order valence-electron chi connectivity index (χ1n) is 10.2. The fourth-order valence-corrected chi connectivity index (χ4v) is 3.27. The summed E-state index contributed by atoms with van der Waals surface area (Å²) >= 11 is 5.60. The predicted octanol–water partition coefficient (Wildman–Crippen LogP) is 4.66. The van der Waals surface area contributed by atoms with Gasteiger partial charge in [0.25, 0.3) is 0 Å². The van der Waals surface area contributed by atoms with Crippen LogP contribution in [0.1, 0.15) is 12.8 Å². The van der Waals surface area contributed by atoms with E-state index in [0.29, 0.717) is 39.9 Å². The van der Waals surface area contributed by atoms with Gasteiger partial charge in [-0.05, 0) is 48.9 Å². The number of hydrogen-bond donors (Lipinski definition) is 2. The minimum absolute atomic E-state index is 0.0801. The molecular formula is C23H21ClN6O3. The molecular weight excluding hydrogens is 444 g/mol. The van der Waals surface area contributed by atoms with Crippen molar-refractivity contribution >= 4 is 46.1 Å². The number of aromatic nitrogens is 3. The minimum atomic E-state index is -0.711. The number of amides is 2. The Labute approximate surface area is 194 Å². The van der Waals surface area contributed by atoms with Gasteiger partial charge in [0, 0.05) is 24.2 Å². The van der Waals surface area contributed by atoms with Gasteiger partial charge in [-0.3, -0.25) is 9.36 Å². The van der Waals surface area contributed by atoms with Gasteiger partial charge in [0.2, 0.25) is 5.91 Å². The number of nitrogens with zero attached hydrogens (tertiary/aromatic N) is 4. The average Bonchev–Trinajstić information content (AvgIpc) is 3.28. The first kappa shape index (κ1) is 22.3. The van der Waals surface area contributed by atoms with E-state index in [9.17, 15) is 9.59 Å². The fraction of sp³-hybridized carbons (Fsp3) is 0.130. The maximum atomic E-state index is 12.7. The summed E-state index contributed by atoms with van der Waals surface area (Å²) in [6, 6.07) is 17.8. The molecule has 0 saturated carbocycles. The molecule has 0 aliphatic heterocycles. The lowest BCUT2D eigenvalue weighted by molar-refractivity contribution is -0.128. The summed E-state index contributed by atoms with van der Waals surface area (Å²) in [5.74, 6) is 7.44. The lowest BCUT2D eigenvalue weighted by atomic mass is 10.3. The van der Waals surface area contributed by atoms with Gasteiger partial charge in [-0.25, -0.2) is 20.6 Å². The SMILES string of the molecule is NN(C(=O)CCCCl)C(=O)n1ccc2c(Nc3ccc(Oc4ccccc4)cc3)ncnc21. The van der Waals surface area contributed by atoms with Gasteiger partial charge in [0.05, 0.1) is 5.39 Å². The van der Waals surface area contributed by atoms with Crippen molar-refractivity contribution in [2.45, 2.75) is 12.8 Å². The number of carbonyl (C=O) groups is 2. The van der Waals surface area contributed by atoms with Crippen molar-refractivity contribution in [3.05, 3.63) is 73.2 Å². The van der Waals surface area contributed by atoms with Crippen LogP contribution in [0.2, 0.25) is 0 Å². The molecule has 168 valence electrons. The van der Waals surface area contributed by atoms with E-state index in [1.54, 1.807) is 6.07 Å². The molecule has 3 N–H and O–H groups in total. The third kappa shape index (κ3) is 5.11. The summed E-state index contributed by atoms with van der Waals surface area (Å²) in [6.45, 7) is 0. The van der Waals surface area contributed by atoms with E-state index in [4.69, 9.17) is 22.2 Å². The first-order valence-corrected chi connectivity index (χ1v) is 10.7. The molecule has 0 spiro atoms. The Morgan fingerprint density at radius 1 is 1.03 bits per heavy atom. The van der Waals surface area contributed by atoms with E-state index in [-0.39, 0.29) is 6.42 Å². The van der Waals surface area contributed by atoms with Crippen molar-refractivity contribution < 1.29 is 14.3 Å². The summed E-state index contributed by atoms with van der Waals surface area (Å²) in [4.78, 5) is 33.2. The van der Waals surface area contributed by atoms with Crippen LogP contribution in [0.5, 0.6) is 11.5 Å². The van der Waals surface area contributed by atoms with E-state index in [2.05, 4.69) is 15.3 Å². The highest BCUT2D eigenvalue weighted by Gasteiger charge is 2.22. The topological polar surface area (TPSA) is 115 Å². The Kier molecular flexibility index (Phi) is 6.82. The summed E-state index contributed by atoms with van der Waals surface area (Å²) in [6.07, 6.45) is 3.34. The second-order valence-corrected chi connectivity index (χ2v) is 7.43. The van der Waals surface area contributed by atoms with E-state index in [1.165, 1.54) is 17.1 Å². The number of nitrogens with one attached hydrogen (secondary N) is 1. The summed E-state index contributed by atoms with van der Waals surface area (Å²) < 4.78 is 7.01. The van der Waals surface area contributed by atoms with Crippen molar-refractivity contribution in [1.29, 1.82) is 0 Å². The number of alkyl halides is 1. The van der Waals surface area contributed by atoms with E-state index in [1.807, 2.05) is 54.6 Å². The lowest BCUT2D eigenvalue weighted by Crippen LogP contribution is -2.44. The van der Waals surface area contributed by atoms with Crippen LogP contribution < -0.4 is 15.9 Å². The van der Waals surface area contributed by atoms with Crippen LogP contribution in [0.25, 0.3) is 11.0 Å². The summed E-state index contributed by atoms with van der Waals surface area (Å²) in [5, 5.41) is 4.38. The number of ether oxygens (including phenoxy) is 1. The largest absolute Gasteiger partial charge is 0.457 e. The molecule has 10 heteroatoms. The highest BCUT2D eigenvalue weighted by molar-refractivity contribution is 6.18. The highest BCUT2D eigenvalue weighted by Crippen LogP contribution is 2.27. The van der Waals surface area contributed by atoms with E-state index in [0.717, 1.165) is 11.4 Å². The normalized spacial score (nSPS) is 10.7. The van der Waals surface area contributed by atoms with Crippen LogP contribution in [0, 0.1) is 0 Å². The molecule has 4 rings (SSSR count). The molecule has 0 radical (unpaired) electrons. The number of imide groups is 1.